The lowest BCUT2D eigenvalue weighted by Crippen LogP contribution is -2.25. The topological polar surface area (TPSA) is 47.6 Å². The van der Waals surface area contributed by atoms with Crippen molar-refractivity contribution in [2.45, 2.75) is 6.42 Å². The second kappa shape index (κ2) is 8.23. The molecule has 0 atom stereocenters. The summed E-state index contributed by atoms with van der Waals surface area (Å²) in [7, 11) is 3.11. The van der Waals surface area contributed by atoms with Crippen molar-refractivity contribution in [3.63, 3.8) is 0 Å². The van der Waals surface area contributed by atoms with Crippen LogP contribution in [0.15, 0.2) is 59.1 Å². The van der Waals surface area contributed by atoms with Gasteiger partial charge in [0.2, 0.25) is 0 Å². The van der Waals surface area contributed by atoms with Gasteiger partial charge in [-0.2, -0.15) is 0 Å². The molecule has 0 aliphatic carbocycles. The van der Waals surface area contributed by atoms with Crippen molar-refractivity contribution in [2.75, 3.05) is 20.8 Å². The highest BCUT2D eigenvalue weighted by Crippen LogP contribution is 2.35. The van der Waals surface area contributed by atoms with Crippen LogP contribution in [0.3, 0.4) is 0 Å². The van der Waals surface area contributed by atoms with Gasteiger partial charge in [-0.3, -0.25) is 4.79 Å². The molecule has 0 saturated heterocycles. The summed E-state index contributed by atoms with van der Waals surface area (Å²) in [6, 6.07) is 17.9. The van der Waals surface area contributed by atoms with Gasteiger partial charge in [-0.25, -0.2) is 0 Å². The Morgan fingerprint density at radius 2 is 1.65 bits per heavy atom. The van der Waals surface area contributed by atoms with E-state index in [1.54, 1.807) is 26.4 Å². The van der Waals surface area contributed by atoms with Crippen LogP contribution in [0.1, 0.15) is 15.9 Å². The maximum Gasteiger partial charge on any atom is 0.251 e. The first kappa shape index (κ1) is 18.3. The fourth-order valence-electron chi connectivity index (χ4n) is 2.92. The molecule has 0 heterocycles. The Hall–Kier alpha value is -2.53. The number of carbonyl (C=O) groups is 1. The molecule has 0 saturated carbocycles. The molecule has 134 valence electrons. The van der Waals surface area contributed by atoms with Gasteiger partial charge in [0.1, 0.15) is 16.0 Å². The molecule has 0 bridgehead atoms. The van der Waals surface area contributed by atoms with E-state index in [-0.39, 0.29) is 5.91 Å². The van der Waals surface area contributed by atoms with Gasteiger partial charge in [-0.15, -0.1) is 0 Å². The number of hydrogen-bond acceptors (Lipinski definition) is 3. The summed E-state index contributed by atoms with van der Waals surface area (Å²) in [6.07, 6.45) is 0.762. The quantitative estimate of drug-likeness (QED) is 0.642. The predicted molar refractivity (Wildman–Crippen MR) is 107 cm³/mol. The number of methoxy groups -OCH3 is 2. The monoisotopic (exact) mass is 413 g/mol. The van der Waals surface area contributed by atoms with Crippen LogP contribution in [0, 0.1) is 0 Å². The second-order valence-corrected chi connectivity index (χ2v) is 6.63. The third-order valence-electron chi connectivity index (χ3n) is 4.27. The molecule has 1 amide bonds. The molecule has 3 aromatic carbocycles. The van der Waals surface area contributed by atoms with Crippen LogP contribution in [0.25, 0.3) is 10.8 Å². The lowest BCUT2D eigenvalue weighted by molar-refractivity contribution is 0.0953. The summed E-state index contributed by atoms with van der Waals surface area (Å²) in [6.45, 7) is 0.549. The number of carbonyl (C=O) groups excluding carboxylic acids is 1. The minimum absolute atomic E-state index is 0.158. The normalized spacial score (nSPS) is 10.6. The molecule has 4 nitrogen and oxygen atoms in total. The first-order valence-corrected chi connectivity index (χ1v) is 9.09. The van der Waals surface area contributed by atoms with Crippen LogP contribution < -0.4 is 14.8 Å². The highest BCUT2D eigenvalue weighted by atomic mass is 79.9. The molecule has 26 heavy (non-hydrogen) atoms. The SMILES string of the molecule is COc1cc(C(=O)NCCc2cccc3ccccc23)cc(OC)c1Br. The Labute approximate surface area is 161 Å². The number of nitrogens with one attached hydrogen (secondary N) is 1. The lowest BCUT2D eigenvalue weighted by atomic mass is 10.0. The molecular weight excluding hydrogens is 394 g/mol. The van der Waals surface area contributed by atoms with Gasteiger partial charge in [0.15, 0.2) is 0 Å². The molecule has 1 N–H and O–H groups in total. The van der Waals surface area contributed by atoms with Crippen LogP contribution in [0.4, 0.5) is 0 Å². The largest absolute Gasteiger partial charge is 0.495 e. The molecule has 0 fully saturated rings. The molecule has 0 aliphatic heterocycles. The van der Waals surface area contributed by atoms with Crippen LogP contribution in [0.2, 0.25) is 0 Å². The summed E-state index contributed by atoms with van der Waals surface area (Å²) in [5.41, 5.74) is 1.72. The third-order valence-corrected chi connectivity index (χ3v) is 5.05. The van der Waals surface area contributed by atoms with Gasteiger partial charge < -0.3 is 14.8 Å². The van der Waals surface area contributed by atoms with E-state index >= 15 is 0 Å². The molecule has 0 aliphatic rings. The van der Waals surface area contributed by atoms with E-state index in [9.17, 15) is 4.79 Å². The first-order chi connectivity index (χ1) is 12.6. The molecular formula is C21H20BrNO3. The summed E-state index contributed by atoms with van der Waals surface area (Å²) >= 11 is 3.41. The van der Waals surface area contributed by atoms with Gasteiger partial charge in [0.25, 0.3) is 5.91 Å². The van der Waals surface area contributed by atoms with Crippen molar-refractivity contribution in [2.24, 2.45) is 0 Å². The number of fused-ring (bicyclic) bond motifs is 1. The first-order valence-electron chi connectivity index (χ1n) is 8.30. The van der Waals surface area contributed by atoms with Crippen LogP contribution in [0.5, 0.6) is 11.5 Å². The van der Waals surface area contributed by atoms with E-state index in [0.29, 0.717) is 28.1 Å². The zero-order chi connectivity index (χ0) is 18.5. The van der Waals surface area contributed by atoms with Crippen molar-refractivity contribution in [3.8, 4) is 11.5 Å². The van der Waals surface area contributed by atoms with Gasteiger partial charge in [-0.1, -0.05) is 42.5 Å². The number of ether oxygens (including phenoxy) is 2. The van der Waals surface area contributed by atoms with E-state index in [1.807, 2.05) is 18.2 Å². The zero-order valence-electron chi connectivity index (χ0n) is 14.7. The van der Waals surface area contributed by atoms with Crippen LogP contribution in [-0.4, -0.2) is 26.7 Å². The number of benzene rings is 3. The summed E-state index contributed by atoms with van der Waals surface area (Å²) < 4.78 is 11.3. The fraction of sp³-hybridized carbons (Fsp3) is 0.190. The summed E-state index contributed by atoms with van der Waals surface area (Å²) in [4.78, 5) is 12.5. The molecule has 0 radical (unpaired) electrons. The van der Waals surface area contributed by atoms with E-state index in [2.05, 4.69) is 45.5 Å². The molecule has 0 spiro atoms. The number of rotatable bonds is 6. The third kappa shape index (κ3) is 3.83. The Kier molecular flexibility index (Phi) is 5.78. The molecule has 0 unspecified atom stereocenters. The van der Waals surface area contributed by atoms with Crippen LogP contribution in [-0.2, 0) is 6.42 Å². The maximum atomic E-state index is 12.5. The average molecular weight is 414 g/mol. The Morgan fingerprint density at radius 3 is 2.35 bits per heavy atom. The zero-order valence-corrected chi connectivity index (χ0v) is 16.3. The van der Waals surface area contributed by atoms with E-state index < -0.39 is 0 Å². The van der Waals surface area contributed by atoms with Crippen molar-refractivity contribution < 1.29 is 14.3 Å². The number of amides is 1. The highest BCUT2D eigenvalue weighted by Gasteiger charge is 2.14. The minimum Gasteiger partial charge on any atom is -0.495 e. The Morgan fingerprint density at radius 1 is 1.00 bits per heavy atom. The van der Waals surface area contributed by atoms with Gasteiger partial charge >= 0.3 is 0 Å². The second-order valence-electron chi connectivity index (χ2n) is 5.84. The fourth-order valence-corrected chi connectivity index (χ4v) is 3.48. The standard InChI is InChI=1S/C21H20BrNO3/c1-25-18-12-16(13-19(26-2)20(18)22)21(24)23-11-10-15-8-5-7-14-6-3-4-9-17(14)15/h3-9,12-13H,10-11H2,1-2H3,(H,23,24). The average Bonchev–Trinajstić information content (AvgIpc) is 2.68. The number of hydrogen-bond donors (Lipinski definition) is 1. The smallest absolute Gasteiger partial charge is 0.251 e. The minimum atomic E-state index is -0.158. The van der Waals surface area contributed by atoms with E-state index in [1.165, 1.54) is 16.3 Å². The molecule has 3 rings (SSSR count). The van der Waals surface area contributed by atoms with E-state index in [4.69, 9.17) is 9.47 Å². The summed E-state index contributed by atoms with van der Waals surface area (Å²) in [5, 5.41) is 5.39. The lowest BCUT2D eigenvalue weighted by Gasteiger charge is -2.12. The van der Waals surface area contributed by atoms with E-state index in [0.717, 1.165) is 6.42 Å². The molecule has 5 heteroatoms. The van der Waals surface area contributed by atoms with Crippen molar-refractivity contribution in [1.82, 2.24) is 5.32 Å². The van der Waals surface area contributed by atoms with Gasteiger partial charge in [0, 0.05) is 12.1 Å². The van der Waals surface area contributed by atoms with Crippen molar-refractivity contribution in [1.29, 1.82) is 0 Å². The van der Waals surface area contributed by atoms with Gasteiger partial charge in [-0.05, 0) is 50.8 Å². The highest BCUT2D eigenvalue weighted by molar-refractivity contribution is 9.10. The molecule has 0 aromatic heterocycles. The Balaban J connectivity index is 1.71. The van der Waals surface area contributed by atoms with Crippen LogP contribution >= 0.6 is 15.9 Å². The van der Waals surface area contributed by atoms with Gasteiger partial charge in [0.05, 0.1) is 14.2 Å². The van der Waals surface area contributed by atoms with Crippen molar-refractivity contribution >= 4 is 32.6 Å². The molecule has 3 aromatic rings. The van der Waals surface area contributed by atoms with Crippen molar-refractivity contribution in [3.05, 3.63) is 70.2 Å². The summed E-state index contributed by atoms with van der Waals surface area (Å²) in [5.74, 6) is 0.960. The Bertz CT molecular complexity index is 909. The maximum absolute atomic E-state index is 12.5. The predicted octanol–water partition coefficient (Wildman–Crippen LogP) is 4.59. The number of halogens is 1.